The van der Waals surface area contributed by atoms with Gasteiger partial charge >= 0.3 is 49.9 Å². The van der Waals surface area contributed by atoms with Crippen LogP contribution in [0.1, 0.15) is 0 Å². The Morgan fingerprint density at radius 1 is 1.29 bits per heavy atom. The van der Waals surface area contributed by atoms with Crippen LogP contribution < -0.4 is 0 Å². The zero-order valence-corrected chi connectivity index (χ0v) is 7.84. The smallest absolute Gasteiger partial charge is 0.0267 e. The van der Waals surface area contributed by atoms with Crippen LogP contribution in [0.4, 0.5) is 0 Å². The van der Waals surface area contributed by atoms with Crippen LogP contribution in [0.15, 0.2) is 55.0 Å². The second-order valence-electron chi connectivity index (χ2n) is 2.44. The first-order valence-electron chi connectivity index (χ1n) is 4.28. The number of allylic oxidation sites excluding steroid dienone is 1. The summed E-state index contributed by atoms with van der Waals surface area (Å²) in [5.41, 5.74) is 0. The minimum Gasteiger partial charge on any atom is -0.265 e. The molecule has 0 aromatic carbocycles. The molecule has 1 aromatic heterocycles. The van der Waals surface area contributed by atoms with Crippen LogP contribution in [0.3, 0.4) is 0 Å². The van der Waals surface area contributed by atoms with Gasteiger partial charge in [-0.05, 0) is 12.1 Å². The Morgan fingerprint density at radius 2 is 2.07 bits per heavy atom. The molecule has 0 N–H and O–H groups in total. The standard InChI is InChI=1S/C5H5N.C4H4B3O/c1-2-4-6-5-3-1;1-2-4-3-5-6-7-8-4/h1-5H;2-3H,1H2. The number of rotatable bonds is 1. The van der Waals surface area contributed by atoms with Crippen molar-refractivity contribution in [2.24, 2.45) is 0 Å². The minimum absolute atomic E-state index is 0.799. The van der Waals surface area contributed by atoms with E-state index in [0.717, 1.165) is 5.76 Å². The summed E-state index contributed by atoms with van der Waals surface area (Å²) in [6.07, 6.45) is 5.17. The van der Waals surface area contributed by atoms with Gasteiger partial charge in [-0.3, -0.25) is 4.98 Å². The van der Waals surface area contributed by atoms with Gasteiger partial charge in [-0.15, -0.1) is 0 Å². The zero-order chi connectivity index (χ0) is 10.1. The fraction of sp³-hybridized carbons (Fsp3) is 0. The maximum atomic E-state index is 4.96. The topological polar surface area (TPSA) is 22.1 Å². The molecule has 5 heteroatoms. The van der Waals surface area contributed by atoms with Gasteiger partial charge in [0.1, 0.15) is 0 Å². The maximum Gasteiger partial charge on any atom is 0.0267 e. The van der Waals surface area contributed by atoms with Crippen molar-refractivity contribution in [1.29, 1.82) is 0 Å². The summed E-state index contributed by atoms with van der Waals surface area (Å²) >= 11 is 0. The van der Waals surface area contributed by atoms with E-state index in [0.29, 0.717) is 0 Å². The van der Waals surface area contributed by atoms with E-state index in [2.05, 4.69) is 11.6 Å². The van der Waals surface area contributed by atoms with Crippen molar-refractivity contribution in [3.63, 3.8) is 0 Å². The van der Waals surface area contributed by atoms with Crippen LogP contribution in [0.2, 0.25) is 0 Å². The second-order valence-corrected chi connectivity index (χ2v) is 2.44. The largest absolute Gasteiger partial charge is 0.265 e. The third kappa shape index (κ3) is 4.60. The minimum atomic E-state index is 0.799. The van der Waals surface area contributed by atoms with Crippen molar-refractivity contribution in [2.75, 3.05) is 0 Å². The average molecular weight is 180 g/mol. The maximum absolute atomic E-state index is 4.96. The fourth-order valence-electron chi connectivity index (χ4n) is 0.782. The molecule has 0 spiro atoms. The second kappa shape index (κ2) is 7.07. The molecule has 0 unspecified atom stereocenters. The summed E-state index contributed by atoms with van der Waals surface area (Å²) in [7, 11) is 1.62. The monoisotopic (exact) mass is 180 g/mol. The molecule has 65 valence electrons. The van der Waals surface area contributed by atoms with Crippen LogP contribution in [-0.4, -0.2) is 25.9 Å². The van der Waals surface area contributed by atoms with E-state index in [4.69, 9.17) is 4.65 Å². The molecule has 2 rings (SSSR count). The third-order valence-electron chi connectivity index (χ3n) is 1.42. The van der Waals surface area contributed by atoms with Gasteiger partial charge in [0, 0.05) is 12.4 Å². The van der Waals surface area contributed by atoms with Gasteiger partial charge in [-0.1, -0.05) is 6.07 Å². The Bertz CT molecular complexity index is 297. The van der Waals surface area contributed by atoms with E-state index in [1.165, 1.54) is 0 Å². The molecule has 14 heavy (non-hydrogen) atoms. The summed E-state index contributed by atoms with van der Waals surface area (Å²) in [4.78, 5) is 3.78. The van der Waals surface area contributed by atoms with Crippen LogP contribution in [0, 0.1) is 0 Å². The summed E-state index contributed by atoms with van der Waals surface area (Å²) < 4.78 is 4.96. The number of aromatic nitrogens is 1. The van der Waals surface area contributed by atoms with Crippen LogP contribution >= 0.6 is 0 Å². The Hall–Kier alpha value is -1.38. The van der Waals surface area contributed by atoms with Crippen molar-refractivity contribution < 1.29 is 4.65 Å². The van der Waals surface area contributed by atoms with Crippen molar-refractivity contribution in [3.05, 3.63) is 55.0 Å². The van der Waals surface area contributed by atoms with Crippen molar-refractivity contribution >= 4 is 20.9 Å². The van der Waals surface area contributed by atoms with E-state index >= 15 is 0 Å². The number of nitrogens with zero attached hydrogens (tertiary/aromatic N) is 1. The van der Waals surface area contributed by atoms with Crippen molar-refractivity contribution in [2.45, 2.75) is 0 Å². The Morgan fingerprint density at radius 3 is 2.36 bits per heavy atom. The molecule has 0 aliphatic carbocycles. The van der Waals surface area contributed by atoms with Crippen LogP contribution in [0.5, 0.6) is 0 Å². The summed E-state index contributed by atoms with van der Waals surface area (Å²) in [5, 5.41) is 0. The molecule has 0 saturated heterocycles. The molecule has 2 heterocycles. The number of hydrogen-bond acceptors (Lipinski definition) is 2. The Labute approximate surface area is 86.1 Å². The number of pyridine rings is 1. The zero-order valence-electron chi connectivity index (χ0n) is 7.84. The molecule has 0 fully saturated rings. The molecule has 0 amide bonds. The molecule has 0 atom stereocenters. The van der Waals surface area contributed by atoms with E-state index in [1.807, 2.05) is 37.7 Å². The molecule has 1 aromatic rings. The van der Waals surface area contributed by atoms with Crippen molar-refractivity contribution in [3.8, 4) is 0 Å². The molecule has 2 nitrogen and oxygen atoms in total. The molecule has 1 radical (unpaired) electrons. The predicted octanol–water partition coefficient (Wildman–Crippen LogP) is 0.983. The molecule has 0 saturated carbocycles. The van der Waals surface area contributed by atoms with E-state index in [1.54, 1.807) is 25.8 Å². The average Bonchev–Trinajstić information content (AvgIpc) is 2.33. The van der Waals surface area contributed by atoms with Crippen molar-refractivity contribution in [1.82, 2.24) is 4.98 Å². The Balaban J connectivity index is 0.000000146. The molecule has 0 bridgehead atoms. The molecular weight excluding hydrogens is 171 g/mol. The van der Waals surface area contributed by atoms with Crippen LogP contribution in [0.25, 0.3) is 0 Å². The normalized spacial score (nSPS) is 11.3. The van der Waals surface area contributed by atoms with E-state index in [9.17, 15) is 0 Å². The first-order chi connectivity index (χ1) is 6.93. The van der Waals surface area contributed by atoms with Gasteiger partial charge < -0.3 is 0 Å². The summed E-state index contributed by atoms with van der Waals surface area (Å²) in [5.74, 6) is 2.65. The van der Waals surface area contributed by atoms with Gasteiger partial charge in [0.05, 0.1) is 0 Å². The van der Waals surface area contributed by atoms with Gasteiger partial charge in [0.25, 0.3) is 0 Å². The van der Waals surface area contributed by atoms with Gasteiger partial charge in [0.2, 0.25) is 0 Å². The predicted molar refractivity (Wildman–Crippen MR) is 60.9 cm³/mol. The molecular formula is C9H9B3NO. The first kappa shape index (κ1) is 10.7. The summed E-state index contributed by atoms with van der Waals surface area (Å²) in [6.45, 7) is 7.27. The quantitative estimate of drug-likeness (QED) is 0.600. The first-order valence-corrected chi connectivity index (χ1v) is 4.28. The van der Waals surface area contributed by atoms with Gasteiger partial charge in [0.15, 0.2) is 0 Å². The van der Waals surface area contributed by atoms with E-state index < -0.39 is 0 Å². The molecule has 1 aliphatic rings. The number of hydrogen-bond donors (Lipinski definition) is 0. The summed E-state index contributed by atoms with van der Waals surface area (Å²) in [6, 6.07) is 5.72. The Kier molecular flexibility index (Phi) is 5.40. The third-order valence-corrected chi connectivity index (χ3v) is 1.42. The van der Waals surface area contributed by atoms with E-state index in [-0.39, 0.29) is 0 Å². The molecule has 1 aliphatic heterocycles. The SMILES string of the molecule is C=CC1=CB=B[B]O1.c1ccncc1. The van der Waals surface area contributed by atoms with Crippen LogP contribution in [-0.2, 0) is 4.65 Å². The fourth-order valence-corrected chi connectivity index (χ4v) is 0.782. The van der Waals surface area contributed by atoms with Gasteiger partial charge in [-0.2, -0.15) is 0 Å². The van der Waals surface area contributed by atoms with Gasteiger partial charge in [-0.25, -0.2) is 0 Å².